The zero-order valence-corrected chi connectivity index (χ0v) is 80.4. The highest BCUT2D eigenvalue weighted by molar-refractivity contribution is 6.62. The van der Waals surface area contributed by atoms with E-state index >= 15 is 0 Å². The minimum Gasteiger partial charge on any atom is -0.456 e. The first kappa shape index (κ1) is 90.2. The van der Waals surface area contributed by atoms with E-state index in [9.17, 15) is 0 Å². The molecule has 0 aliphatic carbocycles. The average molecular weight is 1870 g/mol. The van der Waals surface area contributed by atoms with E-state index in [1.54, 1.807) is 0 Å². The Morgan fingerprint density at radius 1 is 0.181 bits per heavy atom. The zero-order chi connectivity index (χ0) is 97.0. The van der Waals surface area contributed by atoms with Gasteiger partial charge in [0.2, 0.25) is 0 Å². The van der Waals surface area contributed by atoms with Crippen molar-refractivity contribution in [2.45, 2.75) is 38.9 Å². The molecule has 1 aliphatic rings. The maximum absolute atomic E-state index is 6.39. The molecule has 0 amide bonds. The minimum absolute atomic E-state index is 0.390. The molecule has 0 unspecified atom stereocenters. The van der Waals surface area contributed by atoms with Crippen LogP contribution in [0.25, 0.3) is 235 Å². The largest absolute Gasteiger partial charge is 0.494 e. The summed E-state index contributed by atoms with van der Waals surface area (Å²) in [6.07, 6.45) is 0. The molecule has 25 rings (SSSR count). The molecule has 12 heteroatoms. The maximum Gasteiger partial charge on any atom is 0.494 e. The lowest BCUT2D eigenvalue weighted by molar-refractivity contribution is 0.00578. The molecular formula is C132H94BClN6O4. The Hall–Kier alpha value is -17.7. The molecule has 4 aromatic heterocycles. The van der Waals surface area contributed by atoms with E-state index in [1.807, 2.05) is 140 Å². The van der Waals surface area contributed by atoms with Gasteiger partial charge in [0.15, 0.2) is 34.9 Å². The number of furan rings is 2. The van der Waals surface area contributed by atoms with Crippen molar-refractivity contribution in [2.24, 2.45) is 0 Å². The summed E-state index contributed by atoms with van der Waals surface area (Å²) in [6.45, 7) is 8.38. The van der Waals surface area contributed by atoms with Crippen molar-refractivity contribution < 1.29 is 18.1 Å². The van der Waals surface area contributed by atoms with Crippen molar-refractivity contribution in [2.75, 3.05) is 0 Å². The van der Waals surface area contributed by atoms with Gasteiger partial charge in [-0.3, -0.25) is 0 Å². The summed E-state index contributed by atoms with van der Waals surface area (Å²) in [4.78, 5) is 29.4. The molecule has 0 N–H and O–H groups in total. The summed E-state index contributed by atoms with van der Waals surface area (Å²) < 4.78 is 25.1. The van der Waals surface area contributed by atoms with E-state index in [1.165, 1.54) is 100 Å². The minimum atomic E-state index is -0.405. The Labute approximate surface area is 842 Å². The third-order valence-corrected chi connectivity index (χ3v) is 27.6. The van der Waals surface area contributed by atoms with Crippen LogP contribution in [0.5, 0.6) is 0 Å². The third kappa shape index (κ3) is 18.3. The van der Waals surface area contributed by atoms with E-state index in [0.717, 1.165) is 105 Å². The molecule has 0 atom stereocenters. The number of nitrogens with zero attached hydrogens (tertiary/aromatic N) is 6. The fourth-order valence-corrected chi connectivity index (χ4v) is 19.5. The third-order valence-electron chi connectivity index (χ3n) is 27.3. The number of hydrogen-bond acceptors (Lipinski definition) is 10. The van der Waals surface area contributed by atoms with E-state index in [4.69, 9.17) is 59.6 Å². The zero-order valence-electron chi connectivity index (χ0n) is 79.6. The lowest BCUT2D eigenvalue weighted by Crippen LogP contribution is -2.41. The van der Waals surface area contributed by atoms with Crippen LogP contribution in [0, 0.1) is 0 Å². The number of benzene rings is 20. The fraction of sp³-hybridized carbons (Fsp3) is 0.0455. The summed E-state index contributed by atoms with van der Waals surface area (Å²) in [7, 11) is -0.405. The normalized spacial score (nSPS) is 12.5. The van der Waals surface area contributed by atoms with Crippen molar-refractivity contribution in [3.05, 3.63) is 502 Å². The molecule has 5 heterocycles. The Kier molecular flexibility index (Phi) is 24.7. The molecule has 0 radical (unpaired) electrons. The van der Waals surface area contributed by atoms with Gasteiger partial charge in [-0.2, -0.15) is 0 Å². The molecule has 20 aromatic carbocycles. The van der Waals surface area contributed by atoms with Crippen LogP contribution in [0.3, 0.4) is 0 Å². The standard InChI is InChI=1S/C63H41N3O.C42H37BO2.C27H16ClN3O/c1-6-18-44(19-7-1)54-41-55(59(47-22-10-3-11-23-47)60(48-24-12-4-13-25-48)58(54)46-20-8-2-9-21-46)45-34-30-42(31-35-45)43-32-36-50(37-33-43)62-64-61(49-26-14-5-15-27-49)65-63(66-62)51-38-39-53-52-28-16-17-29-56(52)67-57(53)40-51;1-41(2)42(3,4)45-43(44-41)35-27-25-31(26-28-35)37-29-36(30-17-9-5-10-18-30)38(32-19-11-6-12-20-32)40(34-23-15-8-16-24-34)39(37)33-21-13-7-14-22-33;28-20-13-10-18(11-14-20)26-29-25(17-6-2-1-3-7-17)30-27(31-26)19-12-15-22-21-8-4-5-9-23(21)32-24(22)16-19/h1-41H;5-29H,1-4H3;1-16H. The number of para-hydroxylation sites is 2. The highest BCUT2D eigenvalue weighted by Crippen LogP contribution is 2.54. The molecule has 0 saturated carbocycles. The second-order valence-corrected chi connectivity index (χ2v) is 37.4. The van der Waals surface area contributed by atoms with Gasteiger partial charge in [0, 0.05) is 59.9 Å². The highest BCUT2D eigenvalue weighted by atomic mass is 35.5. The summed E-state index contributed by atoms with van der Waals surface area (Å²) in [6, 6.07) is 173. The fourth-order valence-electron chi connectivity index (χ4n) is 19.4. The van der Waals surface area contributed by atoms with Gasteiger partial charge < -0.3 is 18.1 Å². The van der Waals surface area contributed by atoms with Crippen molar-refractivity contribution in [3.8, 4) is 191 Å². The molecule has 10 nitrogen and oxygen atoms in total. The Bertz CT molecular complexity index is 8720. The first-order chi connectivity index (χ1) is 70.8. The van der Waals surface area contributed by atoms with E-state index in [0.29, 0.717) is 40.0 Å². The summed E-state index contributed by atoms with van der Waals surface area (Å²) >= 11 is 6.08. The van der Waals surface area contributed by atoms with Gasteiger partial charge in [-0.05, 0) is 228 Å². The van der Waals surface area contributed by atoms with Crippen molar-refractivity contribution in [3.63, 3.8) is 0 Å². The van der Waals surface area contributed by atoms with Crippen LogP contribution >= 0.6 is 11.6 Å². The molecule has 1 saturated heterocycles. The maximum atomic E-state index is 6.39. The predicted octanol–water partition coefficient (Wildman–Crippen LogP) is 34.5. The van der Waals surface area contributed by atoms with Crippen LogP contribution in [0.15, 0.2) is 506 Å². The molecule has 1 fully saturated rings. The topological polar surface area (TPSA) is 122 Å². The van der Waals surface area contributed by atoms with Gasteiger partial charge in [0.05, 0.1) is 11.2 Å². The number of hydrogen-bond donors (Lipinski definition) is 0. The molecule has 0 spiro atoms. The van der Waals surface area contributed by atoms with Gasteiger partial charge in [-0.1, -0.05) is 436 Å². The monoisotopic (exact) mass is 1870 g/mol. The molecule has 1 aliphatic heterocycles. The molecule has 144 heavy (non-hydrogen) atoms. The predicted molar refractivity (Wildman–Crippen MR) is 594 cm³/mol. The van der Waals surface area contributed by atoms with Gasteiger partial charge in [0.25, 0.3) is 0 Å². The van der Waals surface area contributed by atoms with E-state index in [2.05, 4.69) is 386 Å². The quantitative estimate of drug-likeness (QED) is 0.0768. The number of aromatic nitrogens is 6. The molecule has 24 aromatic rings. The Morgan fingerprint density at radius 3 is 0.694 bits per heavy atom. The second kappa shape index (κ2) is 39.5. The first-order valence-corrected chi connectivity index (χ1v) is 48.9. The Morgan fingerprint density at radius 2 is 0.389 bits per heavy atom. The average Bonchev–Trinajstić information content (AvgIpc) is 1.22. The Balaban J connectivity index is 0.000000129. The van der Waals surface area contributed by atoms with Crippen LogP contribution in [0.1, 0.15) is 27.7 Å². The van der Waals surface area contributed by atoms with Crippen LogP contribution in [0.2, 0.25) is 5.02 Å². The first-order valence-electron chi connectivity index (χ1n) is 48.5. The molecule has 0 bridgehead atoms. The van der Waals surface area contributed by atoms with E-state index in [-0.39, 0.29) is 11.2 Å². The summed E-state index contributed by atoms with van der Waals surface area (Å²) in [5.41, 5.74) is 34.9. The SMILES string of the molecule is CC1(C)OB(c2ccc(-c3cc(-c4ccccc4)c(-c4ccccc4)c(-c4ccccc4)c3-c3ccccc3)cc2)OC1(C)C.Clc1ccc(-c2nc(-c3ccccc3)nc(-c3ccc4c(c3)oc3ccccc34)n2)cc1.c1ccc(-c2nc(-c3ccc(-c4ccc(-c5cc(-c6ccccc6)c(-c6ccccc6)c(-c6ccccc6)c5-c5ccccc5)cc4)cc3)nc(-c3ccc4c(c3)oc3ccccc34)n2)cc1. The lowest BCUT2D eigenvalue weighted by atomic mass is 9.76. The number of fused-ring (bicyclic) bond motifs is 6. The van der Waals surface area contributed by atoms with Crippen LogP contribution in [0.4, 0.5) is 0 Å². The molecule has 686 valence electrons. The van der Waals surface area contributed by atoms with E-state index < -0.39 is 7.12 Å². The smallest absolute Gasteiger partial charge is 0.456 e. The summed E-state index contributed by atoms with van der Waals surface area (Å²) in [5.74, 6) is 3.60. The summed E-state index contributed by atoms with van der Waals surface area (Å²) in [5, 5.41) is 4.98. The van der Waals surface area contributed by atoms with Crippen LogP contribution in [-0.4, -0.2) is 48.2 Å². The number of rotatable bonds is 18. The van der Waals surface area contributed by atoms with Crippen LogP contribution in [-0.2, 0) is 9.31 Å². The van der Waals surface area contributed by atoms with Crippen LogP contribution < -0.4 is 5.46 Å². The van der Waals surface area contributed by atoms with Crippen molar-refractivity contribution >= 4 is 68.1 Å². The second-order valence-electron chi connectivity index (χ2n) is 37.0. The van der Waals surface area contributed by atoms with Gasteiger partial charge in [0.1, 0.15) is 22.3 Å². The lowest BCUT2D eigenvalue weighted by Gasteiger charge is -2.32. The van der Waals surface area contributed by atoms with Gasteiger partial charge in [-0.25, -0.2) is 29.9 Å². The molecular weight excluding hydrogens is 1780 g/mol. The van der Waals surface area contributed by atoms with Crippen molar-refractivity contribution in [1.82, 2.24) is 29.9 Å². The van der Waals surface area contributed by atoms with Crippen molar-refractivity contribution in [1.29, 1.82) is 0 Å². The van der Waals surface area contributed by atoms with Gasteiger partial charge >= 0.3 is 7.12 Å². The highest BCUT2D eigenvalue weighted by Gasteiger charge is 2.52. The van der Waals surface area contributed by atoms with Gasteiger partial charge in [-0.15, -0.1) is 0 Å². The number of halogens is 1.